The third-order valence-electron chi connectivity index (χ3n) is 4.85. The normalized spacial score (nSPS) is 17.0. The number of benzene rings is 1. The fourth-order valence-electron chi connectivity index (χ4n) is 3.55. The molecule has 2 aromatic rings. The summed E-state index contributed by atoms with van der Waals surface area (Å²) in [6.45, 7) is 0.465. The average Bonchev–Trinajstić information content (AvgIpc) is 2.64. The molecule has 0 radical (unpaired) electrons. The van der Waals surface area contributed by atoms with E-state index in [1.54, 1.807) is 4.90 Å². The molecular weight excluding hydrogens is 354 g/mol. The van der Waals surface area contributed by atoms with Gasteiger partial charge >= 0.3 is 5.97 Å². The molecule has 1 fully saturated rings. The quantitative estimate of drug-likeness (QED) is 0.610. The highest BCUT2D eigenvalue weighted by atomic mass is 16.6. The molecule has 1 unspecified atom stereocenters. The van der Waals surface area contributed by atoms with Gasteiger partial charge in [0.05, 0.1) is 10.5 Å². The number of pyridine rings is 1. The zero-order valence-electron chi connectivity index (χ0n) is 14.5. The van der Waals surface area contributed by atoms with Gasteiger partial charge in [0.25, 0.3) is 11.6 Å². The maximum absolute atomic E-state index is 13.2. The molecule has 2 heterocycles. The number of likely N-dealkylation sites (tertiary alicyclic amines) is 1. The van der Waals surface area contributed by atoms with Gasteiger partial charge in [-0.15, -0.1) is 0 Å². The highest BCUT2D eigenvalue weighted by Crippen LogP contribution is 2.27. The fraction of sp³-hybridized carbons (Fsp3) is 0.389. The van der Waals surface area contributed by atoms with Gasteiger partial charge in [0.1, 0.15) is 0 Å². The van der Waals surface area contributed by atoms with Crippen molar-refractivity contribution in [3.8, 4) is 0 Å². The van der Waals surface area contributed by atoms with E-state index in [1.165, 1.54) is 18.2 Å². The van der Waals surface area contributed by atoms with Crippen molar-refractivity contribution < 1.29 is 19.6 Å². The monoisotopic (exact) mass is 373 g/mol. The molecule has 1 aromatic carbocycles. The number of aromatic nitrogens is 1. The highest BCUT2D eigenvalue weighted by molar-refractivity contribution is 6.06. The van der Waals surface area contributed by atoms with E-state index in [0.717, 1.165) is 18.9 Å². The Labute approximate surface area is 153 Å². The Morgan fingerprint density at radius 2 is 2.07 bits per heavy atom. The zero-order valence-corrected chi connectivity index (χ0v) is 14.5. The largest absolute Gasteiger partial charge is 0.481 e. The lowest BCUT2D eigenvalue weighted by Gasteiger charge is -2.36. The molecule has 9 nitrogen and oxygen atoms in total. The number of carbonyl (C=O) groups is 2. The minimum Gasteiger partial charge on any atom is -0.481 e. The van der Waals surface area contributed by atoms with E-state index >= 15 is 0 Å². The number of nitro benzene ring substituents is 1. The number of amides is 1. The minimum atomic E-state index is -0.926. The molecule has 1 saturated heterocycles. The summed E-state index contributed by atoms with van der Waals surface area (Å²) >= 11 is 0. The Morgan fingerprint density at radius 3 is 2.78 bits per heavy atom. The number of aromatic amines is 1. The lowest BCUT2D eigenvalue weighted by molar-refractivity contribution is -0.384. The van der Waals surface area contributed by atoms with Crippen LogP contribution in [0.3, 0.4) is 0 Å². The van der Waals surface area contributed by atoms with Crippen LogP contribution >= 0.6 is 0 Å². The molecule has 2 N–H and O–H groups in total. The summed E-state index contributed by atoms with van der Waals surface area (Å²) in [7, 11) is 0. The maximum Gasteiger partial charge on any atom is 0.303 e. The van der Waals surface area contributed by atoms with E-state index in [1.807, 2.05) is 0 Å². The number of rotatable bonds is 5. The topological polar surface area (TPSA) is 134 Å². The number of hydrogen-bond donors (Lipinski definition) is 2. The first-order valence-corrected chi connectivity index (χ1v) is 8.71. The van der Waals surface area contributed by atoms with Crippen LogP contribution in [0.15, 0.2) is 29.1 Å². The van der Waals surface area contributed by atoms with Gasteiger partial charge in [0, 0.05) is 48.1 Å². The number of piperidine rings is 1. The van der Waals surface area contributed by atoms with Crippen LogP contribution in [0.1, 0.15) is 42.5 Å². The van der Waals surface area contributed by atoms with Gasteiger partial charge in [0.2, 0.25) is 5.56 Å². The van der Waals surface area contributed by atoms with Crippen LogP contribution in [0.5, 0.6) is 0 Å². The van der Waals surface area contributed by atoms with E-state index < -0.39 is 22.4 Å². The third-order valence-corrected chi connectivity index (χ3v) is 4.85. The van der Waals surface area contributed by atoms with Crippen molar-refractivity contribution in [3.63, 3.8) is 0 Å². The van der Waals surface area contributed by atoms with Crippen LogP contribution in [-0.4, -0.2) is 44.4 Å². The number of aliphatic carboxylic acids is 1. The number of non-ortho nitro benzene ring substituents is 1. The smallest absolute Gasteiger partial charge is 0.303 e. The van der Waals surface area contributed by atoms with Crippen molar-refractivity contribution in [2.24, 2.45) is 0 Å². The predicted molar refractivity (Wildman–Crippen MR) is 96.8 cm³/mol. The average molecular weight is 373 g/mol. The molecule has 1 aliphatic heterocycles. The van der Waals surface area contributed by atoms with Gasteiger partial charge < -0.3 is 15.0 Å². The number of carbonyl (C=O) groups excluding carboxylic acids is 1. The van der Waals surface area contributed by atoms with Crippen LogP contribution in [0, 0.1) is 10.1 Å². The number of fused-ring (bicyclic) bond motifs is 1. The number of nitro groups is 1. The summed E-state index contributed by atoms with van der Waals surface area (Å²) in [6.07, 6.45) is 2.67. The first kappa shape index (κ1) is 18.6. The van der Waals surface area contributed by atoms with Crippen molar-refractivity contribution in [1.29, 1.82) is 0 Å². The van der Waals surface area contributed by atoms with Gasteiger partial charge in [-0.05, 0) is 31.7 Å². The molecule has 1 atom stereocenters. The second kappa shape index (κ2) is 7.56. The Balaban J connectivity index is 2.02. The van der Waals surface area contributed by atoms with E-state index in [9.17, 15) is 24.5 Å². The predicted octanol–water partition coefficient (Wildman–Crippen LogP) is 2.30. The third kappa shape index (κ3) is 3.97. The highest BCUT2D eigenvalue weighted by Gasteiger charge is 2.29. The molecule has 1 aromatic heterocycles. The zero-order chi connectivity index (χ0) is 19.6. The first-order chi connectivity index (χ1) is 12.9. The number of H-pyrrole nitrogens is 1. The van der Waals surface area contributed by atoms with Crippen molar-refractivity contribution in [2.45, 2.75) is 38.1 Å². The van der Waals surface area contributed by atoms with Crippen molar-refractivity contribution >= 4 is 28.5 Å². The van der Waals surface area contributed by atoms with Crippen LogP contribution in [0.25, 0.3) is 10.9 Å². The van der Waals surface area contributed by atoms with Crippen LogP contribution in [0.4, 0.5) is 5.69 Å². The summed E-state index contributed by atoms with van der Waals surface area (Å²) in [5.41, 5.74) is -0.210. The summed E-state index contributed by atoms with van der Waals surface area (Å²) in [5, 5.41) is 20.3. The second-order valence-corrected chi connectivity index (χ2v) is 6.61. The maximum atomic E-state index is 13.2. The molecule has 27 heavy (non-hydrogen) atoms. The number of carboxylic acids is 1. The molecule has 0 bridgehead atoms. The molecule has 0 aliphatic carbocycles. The SMILES string of the molecule is O=C(O)CCC1CCCCN1C(=O)c1cc(=O)[nH]c2ccc([N+](=O)[O-])cc12. The van der Waals surface area contributed by atoms with Crippen LogP contribution in [-0.2, 0) is 4.79 Å². The molecule has 9 heteroatoms. The Hall–Kier alpha value is -3.23. The lowest BCUT2D eigenvalue weighted by Crippen LogP contribution is -2.44. The summed E-state index contributed by atoms with van der Waals surface area (Å²) in [6, 6.07) is 4.87. The van der Waals surface area contributed by atoms with Gasteiger partial charge in [-0.25, -0.2) is 0 Å². The molecular formula is C18H19N3O6. The van der Waals surface area contributed by atoms with Crippen molar-refractivity contribution in [3.05, 3.63) is 50.3 Å². The van der Waals surface area contributed by atoms with Crippen molar-refractivity contribution in [2.75, 3.05) is 6.54 Å². The van der Waals surface area contributed by atoms with Crippen LogP contribution in [0.2, 0.25) is 0 Å². The van der Waals surface area contributed by atoms with Gasteiger partial charge in [-0.3, -0.25) is 24.5 Å². The Kier molecular flexibility index (Phi) is 5.20. The van der Waals surface area contributed by atoms with Gasteiger partial charge in [0.15, 0.2) is 0 Å². The van der Waals surface area contributed by atoms with Gasteiger partial charge in [-0.1, -0.05) is 0 Å². The van der Waals surface area contributed by atoms with Crippen LogP contribution < -0.4 is 5.56 Å². The van der Waals surface area contributed by atoms with E-state index in [4.69, 9.17) is 5.11 Å². The molecule has 0 saturated carbocycles. The minimum absolute atomic E-state index is 0.0456. The molecule has 3 rings (SSSR count). The fourth-order valence-corrected chi connectivity index (χ4v) is 3.55. The summed E-state index contributed by atoms with van der Waals surface area (Å²) in [5.74, 6) is -1.33. The lowest BCUT2D eigenvalue weighted by atomic mass is 9.96. The standard InChI is InChI=1S/C18H19N3O6/c22-16-10-14(13-9-12(21(26)27)4-6-15(13)19-16)18(25)20-8-2-1-3-11(20)5-7-17(23)24/h4,6,9-11H,1-3,5,7-8H2,(H,19,22)(H,23,24). The second-order valence-electron chi connectivity index (χ2n) is 6.61. The number of nitrogens with one attached hydrogen (secondary N) is 1. The van der Waals surface area contributed by atoms with E-state index in [-0.39, 0.29) is 23.7 Å². The molecule has 1 amide bonds. The Bertz CT molecular complexity index is 967. The summed E-state index contributed by atoms with van der Waals surface area (Å²) < 4.78 is 0. The molecule has 0 spiro atoms. The molecule has 1 aliphatic rings. The van der Waals surface area contributed by atoms with Crippen molar-refractivity contribution in [1.82, 2.24) is 9.88 Å². The first-order valence-electron chi connectivity index (χ1n) is 8.71. The Morgan fingerprint density at radius 1 is 1.30 bits per heavy atom. The van der Waals surface area contributed by atoms with E-state index in [2.05, 4.69) is 4.98 Å². The number of carboxylic acid groups (broad SMARTS) is 1. The van der Waals surface area contributed by atoms with Gasteiger partial charge in [-0.2, -0.15) is 0 Å². The summed E-state index contributed by atoms with van der Waals surface area (Å²) in [4.78, 5) is 50.7. The van der Waals surface area contributed by atoms with E-state index in [0.29, 0.717) is 30.3 Å². The number of nitrogens with zero attached hydrogens (tertiary/aromatic N) is 2. The number of hydrogen-bond acceptors (Lipinski definition) is 5. The molecule has 142 valence electrons.